The number of hydrogen-bond acceptors (Lipinski definition) is 19. The van der Waals surface area contributed by atoms with E-state index >= 15 is 0 Å². The minimum absolute atomic E-state index is 0.0473. The number of nitrogens with one attached hydrogen (secondary N) is 12. The Balaban J connectivity index is 1.94. The van der Waals surface area contributed by atoms with Crippen molar-refractivity contribution in [1.82, 2.24) is 68.0 Å². The standard InChI is InChI=1S/C47H72N14O16S2/c1-22-17-61(47(76)60-39(22)68)18-34(66)51-15-33(65)58-36(27(6)63)45(74)55-24(3)41(70)52-16-32(64)53-23(2)40(69)50-14-13-49-37(28(7)77-19-29-11-9-8-10-12-29)46(75)57-30(20-78)43(72)54-25(4)42(71)56-31(21-79)44(73)59-35(26(5)62)38(48)67/h8-12,17,23-28,30-31,35-37,49,62-63,78-79H,13-16,18-21H2,1-7H3,(H2,48,67)(H,50,69)(H,51,66)(H,52,70)(H,53,64)(H,54,72)(H,55,74)(H,56,71)(H,57,75)(H,58,65)(H,59,73)(H,60,68,76)/t23-,24-,25-,26+,27+,28+,30-,31-,35-,36-,37-/m0/s1. The van der Waals surface area contributed by atoms with Gasteiger partial charge in [-0.25, -0.2) is 4.79 Å². The molecule has 32 heteroatoms. The van der Waals surface area contributed by atoms with E-state index in [1.807, 2.05) is 11.1 Å². The molecule has 0 saturated carbocycles. The number of nitrogens with zero attached hydrogens (tertiary/aromatic N) is 1. The average molecular weight is 1150 g/mol. The number of rotatable bonds is 33. The third-order valence-corrected chi connectivity index (χ3v) is 12.1. The monoisotopic (exact) mass is 1150 g/mol. The fourth-order valence-corrected chi connectivity index (χ4v) is 7.26. The number of aliphatic hydroxyl groups excluding tert-OH is 2. The highest BCUT2D eigenvalue weighted by atomic mass is 32.1. The third-order valence-electron chi connectivity index (χ3n) is 11.3. The molecule has 0 saturated heterocycles. The maximum absolute atomic E-state index is 13.8. The smallest absolute Gasteiger partial charge is 0.328 e. The summed E-state index contributed by atoms with van der Waals surface area (Å²) >= 11 is 8.28. The van der Waals surface area contributed by atoms with E-state index < -0.39 is 163 Å². The van der Waals surface area contributed by atoms with Gasteiger partial charge in [-0.15, -0.1) is 0 Å². The Morgan fingerprint density at radius 2 is 1.10 bits per heavy atom. The number of carbonyl (C=O) groups is 11. The second kappa shape index (κ2) is 33.8. The second-order valence-corrected chi connectivity index (χ2v) is 18.8. The maximum Gasteiger partial charge on any atom is 0.328 e. The van der Waals surface area contributed by atoms with E-state index in [0.717, 1.165) is 16.3 Å². The normalized spacial score (nSPS) is 15.2. The minimum Gasteiger partial charge on any atom is -0.391 e. The number of aromatic amines is 1. The molecule has 0 radical (unpaired) electrons. The fraction of sp³-hybridized carbons (Fsp3) is 0.553. The van der Waals surface area contributed by atoms with E-state index in [-0.39, 0.29) is 36.8 Å². The number of benzene rings is 1. The first kappa shape index (κ1) is 67.7. The van der Waals surface area contributed by atoms with Gasteiger partial charge in [0.15, 0.2) is 0 Å². The summed E-state index contributed by atoms with van der Waals surface area (Å²) in [6.45, 7) is 7.43. The van der Waals surface area contributed by atoms with Crippen molar-refractivity contribution in [3.8, 4) is 0 Å². The van der Waals surface area contributed by atoms with Gasteiger partial charge in [-0.1, -0.05) is 30.3 Å². The number of hydrogen-bond donors (Lipinski definition) is 17. The SMILES string of the molecule is Cc1cn(CC(=O)NCC(=O)N[C@H](C(=O)N[C@@H](C)C(=O)NCC(=O)N[C@@H](C)C(=O)NCCN[C@H](C(=O)N[C@@H](CS)C(=O)N[C@@H](C)C(=O)N[C@@H](CS)C(=O)N[C@H](C(N)=O)[C@@H](C)O)[C@@H](C)OCc2ccccc2)[C@@H](C)O)c(=O)[nH]c1=O. The van der Waals surface area contributed by atoms with Gasteiger partial charge in [-0.3, -0.25) is 67.1 Å². The Morgan fingerprint density at radius 1 is 0.595 bits per heavy atom. The van der Waals surface area contributed by atoms with E-state index in [1.54, 1.807) is 31.2 Å². The molecule has 0 aliphatic rings. The number of H-pyrrole nitrogens is 1. The maximum atomic E-state index is 13.8. The molecular weight excluding hydrogens is 1080 g/mol. The van der Waals surface area contributed by atoms with Crippen LogP contribution in [0.25, 0.3) is 0 Å². The van der Waals surface area contributed by atoms with Gasteiger partial charge in [0.05, 0.1) is 38.0 Å². The molecule has 1 aromatic carbocycles. The van der Waals surface area contributed by atoms with E-state index in [0.29, 0.717) is 0 Å². The second-order valence-electron chi connectivity index (χ2n) is 18.1. The molecule has 0 aliphatic heterocycles. The van der Waals surface area contributed by atoms with E-state index in [2.05, 4.69) is 83.7 Å². The first-order chi connectivity index (χ1) is 37.1. The molecule has 0 aliphatic carbocycles. The molecule has 1 heterocycles. The Morgan fingerprint density at radius 3 is 1.68 bits per heavy atom. The van der Waals surface area contributed by atoms with E-state index in [9.17, 15) is 72.5 Å². The van der Waals surface area contributed by atoms with Crippen molar-refractivity contribution < 1.29 is 67.7 Å². The van der Waals surface area contributed by atoms with Crippen molar-refractivity contribution in [3.63, 3.8) is 0 Å². The third kappa shape index (κ3) is 23.6. The van der Waals surface area contributed by atoms with E-state index in [4.69, 9.17) is 10.5 Å². The van der Waals surface area contributed by atoms with Crippen LogP contribution in [0.4, 0.5) is 0 Å². The van der Waals surface area contributed by atoms with Crippen LogP contribution in [0.1, 0.15) is 52.7 Å². The molecule has 1 aromatic heterocycles. The van der Waals surface area contributed by atoms with Crippen molar-refractivity contribution in [3.05, 3.63) is 68.5 Å². The van der Waals surface area contributed by atoms with Crippen molar-refractivity contribution >= 4 is 90.2 Å². The van der Waals surface area contributed by atoms with E-state index in [1.165, 1.54) is 41.5 Å². The van der Waals surface area contributed by atoms with Gasteiger partial charge in [-0.05, 0) is 54.0 Å². The number of carbonyl (C=O) groups excluding carboxylic acids is 11. The molecule has 0 fully saturated rings. The predicted molar refractivity (Wildman–Crippen MR) is 288 cm³/mol. The summed E-state index contributed by atoms with van der Waals surface area (Å²) < 4.78 is 6.90. The molecule has 2 rings (SSSR count). The minimum atomic E-state index is -1.60. The zero-order valence-electron chi connectivity index (χ0n) is 44.5. The molecule has 0 unspecified atom stereocenters. The number of ether oxygens (including phenoxy) is 1. The Labute approximate surface area is 464 Å². The highest BCUT2D eigenvalue weighted by Gasteiger charge is 2.33. The van der Waals surface area contributed by atoms with Crippen LogP contribution in [0.5, 0.6) is 0 Å². The van der Waals surface area contributed by atoms with Crippen molar-refractivity contribution in [2.75, 3.05) is 37.7 Å². The lowest BCUT2D eigenvalue weighted by molar-refractivity contribution is -0.134. The first-order valence-corrected chi connectivity index (χ1v) is 25.9. The zero-order valence-corrected chi connectivity index (χ0v) is 46.3. The van der Waals surface area contributed by atoms with Gasteiger partial charge in [0.1, 0.15) is 54.9 Å². The molecule has 2 aromatic rings. The Hall–Kier alpha value is -7.39. The van der Waals surface area contributed by atoms with Gasteiger partial charge in [-0.2, -0.15) is 25.3 Å². The van der Waals surface area contributed by atoms with Gasteiger partial charge in [0.25, 0.3) is 5.56 Å². The summed E-state index contributed by atoms with van der Waals surface area (Å²) in [4.78, 5) is 166. The lowest BCUT2D eigenvalue weighted by Crippen LogP contribution is -2.60. The number of aromatic nitrogens is 2. The van der Waals surface area contributed by atoms with Crippen LogP contribution < -0.4 is 75.5 Å². The largest absolute Gasteiger partial charge is 0.391 e. The number of nitrogens with two attached hydrogens (primary N) is 1. The Bertz CT molecular complexity index is 2590. The predicted octanol–water partition coefficient (Wildman–Crippen LogP) is -7.68. The average Bonchev–Trinajstić information content (AvgIpc) is 3.39. The summed E-state index contributed by atoms with van der Waals surface area (Å²) in [6, 6.07) is -1.53. The van der Waals surface area contributed by atoms with Crippen molar-refractivity contribution in [1.29, 1.82) is 0 Å². The molecule has 79 heavy (non-hydrogen) atoms. The first-order valence-electron chi connectivity index (χ1n) is 24.6. The lowest BCUT2D eigenvalue weighted by Gasteiger charge is -2.27. The molecule has 16 N–H and O–H groups in total. The van der Waals surface area contributed by atoms with Crippen LogP contribution in [-0.2, 0) is 70.6 Å². The number of amides is 11. The molecule has 30 nitrogen and oxygen atoms in total. The quantitative estimate of drug-likeness (QED) is 0.0233. The molecule has 0 bridgehead atoms. The number of aliphatic hydroxyl groups is 2. The Kier molecular flexibility index (Phi) is 29.0. The van der Waals surface area contributed by atoms with Crippen LogP contribution in [0.15, 0.2) is 46.1 Å². The lowest BCUT2D eigenvalue weighted by atomic mass is 10.1. The summed E-state index contributed by atoms with van der Waals surface area (Å²) in [5.74, 6) is -9.80. The van der Waals surface area contributed by atoms with Crippen LogP contribution in [0.3, 0.4) is 0 Å². The summed E-state index contributed by atoms with van der Waals surface area (Å²) in [5, 5.41) is 46.7. The van der Waals surface area contributed by atoms with Gasteiger partial charge in [0, 0.05) is 36.4 Å². The van der Waals surface area contributed by atoms with Crippen LogP contribution in [0.2, 0.25) is 0 Å². The van der Waals surface area contributed by atoms with Crippen LogP contribution in [-0.4, -0.2) is 189 Å². The summed E-state index contributed by atoms with van der Waals surface area (Å²) in [5.41, 5.74) is 4.70. The number of thiol groups is 2. The molecule has 0 spiro atoms. The van der Waals surface area contributed by atoms with Crippen LogP contribution >= 0.6 is 25.3 Å². The van der Waals surface area contributed by atoms with Gasteiger partial charge >= 0.3 is 5.69 Å². The highest BCUT2D eigenvalue weighted by Crippen LogP contribution is 2.08. The molecule has 438 valence electrons. The summed E-state index contributed by atoms with van der Waals surface area (Å²) in [6.07, 6.45) is -2.52. The fourth-order valence-electron chi connectivity index (χ4n) is 6.75. The highest BCUT2D eigenvalue weighted by molar-refractivity contribution is 7.80. The van der Waals surface area contributed by atoms with Gasteiger partial charge in [0.2, 0.25) is 65.0 Å². The van der Waals surface area contributed by atoms with Crippen LogP contribution in [0, 0.1) is 6.92 Å². The number of aryl methyl sites for hydroxylation is 1. The van der Waals surface area contributed by atoms with Crippen molar-refractivity contribution in [2.24, 2.45) is 5.73 Å². The molecule has 11 amide bonds. The zero-order chi connectivity index (χ0) is 59.7. The molecule has 11 atom stereocenters. The van der Waals surface area contributed by atoms with Crippen molar-refractivity contribution in [2.45, 2.75) is 128 Å². The topological polar surface area (TPSA) is 451 Å². The summed E-state index contributed by atoms with van der Waals surface area (Å²) in [7, 11) is 0. The van der Waals surface area contributed by atoms with Gasteiger partial charge < -0.3 is 79.2 Å². The molecular formula is C47H72N14O16S2. The number of primary amides is 1.